The summed E-state index contributed by atoms with van der Waals surface area (Å²) in [4.78, 5) is 15.4. The fraction of sp³-hybridized carbons (Fsp3) is 0.611. The van der Waals surface area contributed by atoms with Gasteiger partial charge in [0.1, 0.15) is 0 Å². The molecule has 1 fully saturated rings. The van der Waals surface area contributed by atoms with E-state index in [0.29, 0.717) is 18.8 Å². The second kappa shape index (κ2) is 7.23. The van der Waals surface area contributed by atoms with Crippen LogP contribution in [0.3, 0.4) is 0 Å². The summed E-state index contributed by atoms with van der Waals surface area (Å²) in [5.41, 5.74) is -0.316. The largest absolute Gasteiger partial charge is 0.416 e. The van der Waals surface area contributed by atoms with E-state index in [1.165, 1.54) is 12.1 Å². The van der Waals surface area contributed by atoms with Gasteiger partial charge in [-0.15, -0.1) is 0 Å². The third-order valence-electron chi connectivity index (χ3n) is 4.45. The summed E-state index contributed by atoms with van der Waals surface area (Å²) in [6, 6.07) is 5.25. The molecule has 0 saturated carbocycles. The number of quaternary nitrogens is 1. The van der Waals surface area contributed by atoms with Gasteiger partial charge in [-0.1, -0.05) is 6.07 Å². The number of rotatable bonds is 3. The zero-order valence-corrected chi connectivity index (χ0v) is 15.2. The highest BCUT2D eigenvalue weighted by Gasteiger charge is 2.33. The Kier molecular flexibility index (Phi) is 5.66. The Morgan fingerprint density at radius 3 is 2.32 bits per heavy atom. The lowest BCUT2D eigenvalue weighted by atomic mass is 10.1. The van der Waals surface area contributed by atoms with Crippen LogP contribution in [0.5, 0.6) is 0 Å². The van der Waals surface area contributed by atoms with Gasteiger partial charge in [-0.25, -0.2) is 0 Å². The number of anilines is 1. The molecule has 0 bridgehead atoms. The van der Waals surface area contributed by atoms with E-state index in [0.717, 1.165) is 24.1 Å². The highest BCUT2D eigenvalue weighted by atomic mass is 19.4. The van der Waals surface area contributed by atoms with E-state index in [4.69, 9.17) is 0 Å². The zero-order valence-electron chi connectivity index (χ0n) is 15.2. The molecule has 140 valence electrons. The van der Waals surface area contributed by atoms with Crippen molar-refractivity contribution in [2.24, 2.45) is 0 Å². The molecule has 0 unspecified atom stereocenters. The Morgan fingerprint density at radius 2 is 1.80 bits per heavy atom. The topological polar surface area (TPSA) is 36.8 Å². The first kappa shape index (κ1) is 19.6. The van der Waals surface area contributed by atoms with Crippen molar-refractivity contribution in [3.8, 4) is 0 Å². The fourth-order valence-corrected chi connectivity index (χ4v) is 3.03. The van der Waals surface area contributed by atoms with Crippen LogP contribution in [0.1, 0.15) is 33.3 Å². The van der Waals surface area contributed by atoms with E-state index >= 15 is 0 Å². The molecular weight excluding hydrogens is 331 g/mol. The zero-order chi connectivity index (χ0) is 18.8. The summed E-state index contributed by atoms with van der Waals surface area (Å²) in [5.74, 6) is 0.00928. The first-order chi connectivity index (χ1) is 11.5. The lowest BCUT2D eigenvalue weighted by Crippen LogP contribution is -3.19. The number of amides is 1. The molecule has 0 aliphatic carbocycles. The SMILES string of the molecule is C[C@@H](C(=O)NC(C)(C)C)[NH+]1CCN(c2cccc(C(F)(F)F)c2)CC1. The molecule has 0 spiro atoms. The molecule has 2 N–H and O–H groups in total. The number of hydrogen-bond acceptors (Lipinski definition) is 2. The quantitative estimate of drug-likeness (QED) is 0.863. The van der Waals surface area contributed by atoms with E-state index in [9.17, 15) is 18.0 Å². The first-order valence-electron chi connectivity index (χ1n) is 8.56. The lowest BCUT2D eigenvalue weighted by molar-refractivity contribution is -0.914. The van der Waals surface area contributed by atoms with Crippen LogP contribution in [0, 0.1) is 0 Å². The van der Waals surface area contributed by atoms with Crippen LogP contribution in [-0.2, 0) is 11.0 Å². The number of alkyl halides is 3. The van der Waals surface area contributed by atoms with Gasteiger partial charge in [0, 0.05) is 11.2 Å². The van der Waals surface area contributed by atoms with Gasteiger partial charge in [0.25, 0.3) is 5.91 Å². The average molecular weight is 358 g/mol. The van der Waals surface area contributed by atoms with E-state index in [2.05, 4.69) is 5.32 Å². The molecule has 4 nitrogen and oxygen atoms in total. The Balaban J connectivity index is 1.97. The molecule has 1 aromatic carbocycles. The van der Waals surface area contributed by atoms with Crippen LogP contribution in [0.15, 0.2) is 24.3 Å². The molecule has 25 heavy (non-hydrogen) atoms. The number of piperazine rings is 1. The highest BCUT2D eigenvalue weighted by molar-refractivity contribution is 5.80. The van der Waals surface area contributed by atoms with Crippen LogP contribution in [0.2, 0.25) is 0 Å². The highest BCUT2D eigenvalue weighted by Crippen LogP contribution is 2.31. The Labute approximate surface area is 147 Å². The molecular formula is C18H27F3N3O+. The van der Waals surface area contributed by atoms with Crippen LogP contribution in [0.4, 0.5) is 18.9 Å². The fourth-order valence-electron chi connectivity index (χ4n) is 3.03. The molecule has 0 radical (unpaired) electrons. The molecule has 1 amide bonds. The van der Waals surface area contributed by atoms with Crippen molar-refractivity contribution in [2.45, 2.75) is 45.5 Å². The van der Waals surface area contributed by atoms with E-state index in [-0.39, 0.29) is 17.5 Å². The van der Waals surface area contributed by atoms with Gasteiger partial charge in [-0.2, -0.15) is 13.2 Å². The molecule has 1 aliphatic rings. The Bertz CT molecular complexity index is 602. The van der Waals surface area contributed by atoms with Crippen molar-refractivity contribution in [1.82, 2.24) is 5.32 Å². The Morgan fingerprint density at radius 1 is 1.20 bits per heavy atom. The standard InChI is InChI=1S/C18H26F3N3O/c1-13(16(25)22-17(2,3)4)23-8-10-24(11-9-23)15-7-5-6-14(12-15)18(19,20)21/h5-7,12-13H,8-11H2,1-4H3,(H,22,25)/p+1/t13-/m0/s1. The van der Waals surface area contributed by atoms with Crippen LogP contribution >= 0.6 is 0 Å². The van der Waals surface area contributed by atoms with Gasteiger partial charge < -0.3 is 15.1 Å². The van der Waals surface area contributed by atoms with E-state index < -0.39 is 11.7 Å². The van der Waals surface area contributed by atoms with Crippen LogP contribution < -0.4 is 15.1 Å². The normalized spacial score (nSPS) is 18.1. The van der Waals surface area contributed by atoms with Gasteiger partial charge >= 0.3 is 6.18 Å². The number of benzene rings is 1. The van der Waals surface area contributed by atoms with Gasteiger partial charge in [0.2, 0.25) is 0 Å². The maximum Gasteiger partial charge on any atom is 0.416 e. The number of hydrogen-bond donors (Lipinski definition) is 2. The molecule has 1 atom stereocenters. The molecule has 1 heterocycles. The third-order valence-corrected chi connectivity index (χ3v) is 4.45. The molecule has 2 rings (SSSR count). The van der Waals surface area contributed by atoms with E-state index in [1.807, 2.05) is 32.6 Å². The smallest absolute Gasteiger partial charge is 0.360 e. The van der Waals surface area contributed by atoms with Gasteiger partial charge in [-0.3, -0.25) is 4.79 Å². The summed E-state index contributed by atoms with van der Waals surface area (Å²) in [7, 11) is 0. The van der Waals surface area contributed by atoms with Gasteiger partial charge in [0.05, 0.1) is 31.7 Å². The number of nitrogens with one attached hydrogen (secondary N) is 2. The maximum absolute atomic E-state index is 12.9. The summed E-state index contributed by atoms with van der Waals surface area (Å²) in [6.07, 6.45) is -4.33. The predicted molar refractivity (Wildman–Crippen MR) is 91.7 cm³/mol. The molecule has 0 aromatic heterocycles. The summed E-state index contributed by atoms with van der Waals surface area (Å²) < 4.78 is 38.6. The summed E-state index contributed by atoms with van der Waals surface area (Å²) >= 11 is 0. The number of halogens is 3. The molecule has 1 aromatic rings. The minimum Gasteiger partial charge on any atom is -0.360 e. The molecule has 1 saturated heterocycles. The number of carbonyl (C=O) groups is 1. The van der Waals surface area contributed by atoms with Crippen LogP contribution in [0.25, 0.3) is 0 Å². The lowest BCUT2D eigenvalue weighted by Gasteiger charge is -2.36. The monoisotopic (exact) mass is 358 g/mol. The average Bonchev–Trinajstić information content (AvgIpc) is 2.52. The van der Waals surface area contributed by atoms with Crippen molar-refractivity contribution in [2.75, 3.05) is 31.1 Å². The van der Waals surface area contributed by atoms with Crippen LogP contribution in [-0.4, -0.2) is 43.7 Å². The van der Waals surface area contributed by atoms with Crippen molar-refractivity contribution >= 4 is 11.6 Å². The third kappa shape index (κ3) is 5.36. The minimum atomic E-state index is -4.33. The predicted octanol–water partition coefficient (Wildman–Crippen LogP) is 1.71. The first-order valence-corrected chi connectivity index (χ1v) is 8.56. The minimum absolute atomic E-state index is 0.00928. The van der Waals surface area contributed by atoms with Gasteiger partial charge in [0.15, 0.2) is 6.04 Å². The summed E-state index contributed by atoms with van der Waals surface area (Å²) in [6.45, 7) is 10.4. The number of nitrogens with zero attached hydrogens (tertiary/aromatic N) is 1. The van der Waals surface area contributed by atoms with Crippen molar-refractivity contribution in [3.05, 3.63) is 29.8 Å². The second-order valence-corrected chi connectivity index (χ2v) is 7.65. The molecule has 7 heteroatoms. The van der Waals surface area contributed by atoms with Crippen molar-refractivity contribution in [1.29, 1.82) is 0 Å². The molecule has 1 aliphatic heterocycles. The van der Waals surface area contributed by atoms with Gasteiger partial charge in [-0.05, 0) is 45.9 Å². The van der Waals surface area contributed by atoms with Crippen molar-refractivity contribution < 1.29 is 22.9 Å². The summed E-state index contributed by atoms with van der Waals surface area (Å²) in [5, 5.41) is 2.98. The van der Waals surface area contributed by atoms with Crippen molar-refractivity contribution in [3.63, 3.8) is 0 Å². The van der Waals surface area contributed by atoms with E-state index in [1.54, 1.807) is 6.07 Å². The number of carbonyl (C=O) groups excluding carboxylic acids is 1. The maximum atomic E-state index is 12.9. The Hall–Kier alpha value is -1.76. The second-order valence-electron chi connectivity index (χ2n) is 7.65.